The number of carbonyl (C=O) groups excluding carboxylic acids is 2. The first-order chi connectivity index (χ1) is 12.3. The van der Waals surface area contributed by atoms with Crippen LogP contribution in [0.2, 0.25) is 5.02 Å². The van der Waals surface area contributed by atoms with Crippen molar-refractivity contribution >= 4 is 34.4 Å². The number of aryl methyl sites for hydroxylation is 1. The van der Waals surface area contributed by atoms with E-state index in [2.05, 4.69) is 0 Å². The number of Topliss-reactive ketones (excluding diaryl/α,β-unsaturated/α-hetero) is 1. The van der Waals surface area contributed by atoms with E-state index in [-0.39, 0.29) is 22.9 Å². The lowest BCUT2D eigenvalue weighted by Crippen LogP contribution is -2.24. The molecule has 0 amide bonds. The van der Waals surface area contributed by atoms with Crippen LogP contribution in [0.3, 0.4) is 0 Å². The summed E-state index contributed by atoms with van der Waals surface area (Å²) in [7, 11) is 0. The number of rotatable bonds is 7. The van der Waals surface area contributed by atoms with Gasteiger partial charge in [-0.05, 0) is 37.1 Å². The van der Waals surface area contributed by atoms with E-state index in [1.54, 1.807) is 25.1 Å². The molecule has 0 aliphatic carbocycles. The van der Waals surface area contributed by atoms with Gasteiger partial charge in [0, 0.05) is 5.56 Å². The van der Waals surface area contributed by atoms with Crippen LogP contribution in [-0.4, -0.2) is 27.1 Å². The summed E-state index contributed by atoms with van der Waals surface area (Å²) >= 11 is 4.18. The van der Waals surface area contributed by atoms with Crippen LogP contribution in [0.5, 0.6) is 0 Å². The molecule has 2 aromatic rings. The molecule has 0 saturated carbocycles. The van der Waals surface area contributed by atoms with Crippen molar-refractivity contribution in [3.63, 3.8) is 0 Å². The van der Waals surface area contributed by atoms with Crippen LogP contribution in [0.1, 0.15) is 39.9 Å². The minimum Gasteiger partial charge on any atom is -0.465 e. The molecule has 0 aliphatic rings. The van der Waals surface area contributed by atoms with Gasteiger partial charge in [-0.15, -0.1) is 0 Å². The largest absolute Gasteiger partial charge is 0.465 e. The Balaban J connectivity index is 2.41. The molecule has 1 N–H and O–H groups in total. The summed E-state index contributed by atoms with van der Waals surface area (Å²) in [6.45, 7) is 3.74. The zero-order valence-corrected chi connectivity index (χ0v) is 16.0. The number of benzene rings is 2. The van der Waals surface area contributed by atoms with Gasteiger partial charge in [0.1, 0.15) is 5.92 Å². The predicted molar refractivity (Wildman–Crippen MR) is 101 cm³/mol. The lowest BCUT2D eigenvalue weighted by Gasteiger charge is -2.16. The molecule has 5 nitrogen and oxygen atoms in total. The van der Waals surface area contributed by atoms with Gasteiger partial charge >= 0.3 is 5.97 Å². The Kier molecular flexibility index (Phi) is 7.08. The molecule has 2 unspecified atom stereocenters. The van der Waals surface area contributed by atoms with Gasteiger partial charge in [-0.3, -0.25) is 9.59 Å². The highest BCUT2D eigenvalue weighted by Crippen LogP contribution is 2.28. The standard InChI is InChI=1S/C19H19ClO5S/c1-3-25-19(22)17(14-7-4-12(2)5-8-14)18(21)15-9-6-13(10-16(15)20)11-26(23)24/h4-10,17H,3,11H2,1-2H3,(H,23,24). The minimum absolute atomic E-state index is 0.0898. The molecule has 0 heterocycles. The van der Waals surface area contributed by atoms with E-state index in [1.807, 2.05) is 19.1 Å². The fraction of sp³-hybridized carbons (Fsp3) is 0.263. The van der Waals surface area contributed by atoms with Crippen LogP contribution in [0.15, 0.2) is 42.5 Å². The van der Waals surface area contributed by atoms with E-state index in [1.165, 1.54) is 12.1 Å². The second kappa shape index (κ2) is 9.07. The molecule has 0 fully saturated rings. The van der Waals surface area contributed by atoms with Crippen molar-refractivity contribution in [2.24, 2.45) is 0 Å². The normalized spacial score (nSPS) is 13.1. The zero-order chi connectivity index (χ0) is 19.3. The third-order valence-electron chi connectivity index (χ3n) is 3.78. The van der Waals surface area contributed by atoms with Gasteiger partial charge in [-0.1, -0.05) is 47.5 Å². The molecule has 0 radical (unpaired) electrons. The van der Waals surface area contributed by atoms with Gasteiger partial charge in [0.2, 0.25) is 0 Å². The molecule has 2 rings (SSSR count). The highest BCUT2D eigenvalue weighted by molar-refractivity contribution is 7.78. The quantitative estimate of drug-likeness (QED) is 0.333. The van der Waals surface area contributed by atoms with Crippen LogP contribution in [0, 0.1) is 6.92 Å². The smallest absolute Gasteiger partial charge is 0.321 e. The molecule has 0 saturated heterocycles. The van der Waals surface area contributed by atoms with E-state index >= 15 is 0 Å². The summed E-state index contributed by atoms with van der Waals surface area (Å²) < 4.78 is 25.0. The number of ketones is 1. The highest BCUT2D eigenvalue weighted by Gasteiger charge is 2.32. The monoisotopic (exact) mass is 394 g/mol. The van der Waals surface area contributed by atoms with Crippen molar-refractivity contribution < 1.29 is 23.1 Å². The molecule has 0 aromatic heterocycles. The molecule has 0 spiro atoms. The topological polar surface area (TPSA) is 80.7 Å². The number of esters is 1. The second-order valence-corrected chi connectivity index (χ2v) is 7.08. The molecule has 0 bridgehead atoms. The number of carbonyl (C=O) groups is 2. The Morgan fingerprint density at radius 3 is 2.38 bits per heavy atom. The van der Waals surface area contributed by atoms with E-state index in [4.69, 9.17) is 20.9 Å². The Bertz CT molecular complexity index is 832. The molecular formula is C19H19ClO5S. The maximum absolute atomic E-state index is 13.0. The Hall–Kier alpha value is -2.02. The van der Waals surface area contributed by atoms with Crippen LogP contribution < -0.4 is 0 Å². The summed E-state index contributed by atoms with van der Waals surface area (Å²) in [6.07, 6.45) is 0. The van der Waals surface area contributed by atoms with Gasteiger partial charge in [-0.2, -0.15) is 0 Å². The van der Waals surface area contributed by atoms with Crippen LogP contribution in [0.25, 0.3) is 0 Å². The average molecular weight is 395 g/mol. The van der Waals surface area contributed by atoms with Crippen LogP contribution in [0.4, 0.5) is 0 Å². The van der Waals surface area contributed by atoms with E-state index in [9.17, 15) is 13.8 Å². The van der Waals surface area contributed by atoms with Crippen molar-refractivity contribution in [1.82, 2.24) is 0 Å². The first-order valence-electron chi connectivity index (χ1n) is 7.96. The van der Waals surface area contributed by atoms with Crippen LogP contribution in [-0.2, 0) is 26.4 Å². The zero-order valence-electron chi connectivity index (χ0n) is 14.4. The van der Waals surface area contributed by atoms with Crippen molar-refractivity contribution in [3.05, 3.63) is 69.7 Å². The number of ether oxygens (including phenoxy) is 1. The van der Waals surface area contributed by atoms with E-state index in [0.717, 1.165) is 5.56 Å². The molecule has 2 aromatic carbocycles. The van der Waals surface area contributed by atoms with Gasteiger partial charge in [-0.25, -0.2) is 4.21 Å². The molecule has 26 heavy (non-hydrogen) atoms. The van der Waals surface area contributed by atoms with Crippen LogP contribution >= 0.6 is 11.6 Å². The molecule has 138 valence electrons. The van der Waals surface area contributed by atoms with Crippen molar-refractivity contribution in [2.45, 2.75) is 25.5 Å². The van der Waals surface area contributed by atoms with Crippen molar-refractivity contribution in [3.8, 4) is 0 Å². The molecule has 0 aliphatic heterocycles. The maximum Gasteiger partial charge on any atom is 0.321 e. The van der Waals surface area contributed by atoms with Crippen molar-refractivity contribution in [2.75, 3.05) is 6.61 Å². The van der Waals surface area contributed by atoms with Gasteiger partial charge in [0.25, 0.3) is 0 Å². The summed E-state index contributed by atoms with van der Waals surface area (Å²) in [5.74, 6) is -2.33. The van der Waals surface area contributed by atoms with Gasteiger partial charge in [0.15, 0.2) is 16.9 Å². The summed E-state index contributed by atoms with van der Waals surface area (Å²) in [6, 6.07) is 11.5. The fourth-order valence-corrected chi connectivity index (χ4v) is 3.29. The summed E-state index contributed by atoms with van der Waals surface area (Å²) in [5, 5.41) is 0.124. The number of halogens is 1. The highest BCUT2D eigenvalue weighted by atomic mass is 35.5. The third kappa shape index (κ3) is 5.00. The summed E-state index contributed by atoms with van der Waals surface area (Å²) in [5.41, 5.74) is 2.21. The number of hydrogen-bond donors (Lipinski definition) is 1. The summed E-state index contributed by atoms with van der Waals surface area (Å²) in [4.78, 5) is 25.4. The lowest BCUT2D eigenvalue weighted by atomic mass is 9.90. The molecule has 2 atom stereocenters. The van der Waals surface area contributed by atoms with Gasteiger partial charge < -0.3 is 9.29 Å². The van der Waals surface area contributed by atoms with E-state index < -0.39 is 28.8 Å². The number of hydrogen-bond acceptors (Lipinski definition) is 4. The van der Waals surface area contributed by atoms with E-state index in [0.29, 0.717) is 11.1 Å². The minimum atomic E-state index is -2.01. The SMILES string of the molecule is CCOC(=O)C(C(=O)c1ccc(CS(=O)O)cc1Cl)c1ccc(C)cc1. The predicted octanol–water partition coefficient (Wildman–Crippen LogP) is 3.90. The van der Waals surface area contributed by atoms with Gasteiger partial charge in [0.05, 0.1) is 17.4 Å². The average Bonchev–Trinajstić information content (AvgIpc) is 2.56. The Labute approximate surface area is 159 Å². The fourth-order valence-electron chi connectivity index (χ4n) is 2.53. The first kappa shape index (κ1) is 20.3. The molecule has 7 heteroatoms. The first-order valence-corrected chi connectivity index (χ1v) is 9.62. The van der Waals surface area contributed by atoms with Crippen molar-refractivity contribution in [1.29, 1.82) is 0 Å². The Morgan fingerprint density at radius 2 is 1.85 bits per heavy atom. The Morgan fingerprint density at radius 1 is 1.19 bits per heavy atom. The third-order valence-corrected chi connectivity index (χ3v) is 4.68. The maximum atomic E-state index is 13.0. The second-order valence-electron chi connectivity index (χ2n) is 5.74. The molecular weight excluding hydrogens is 376 g/mol. The lowest BCUT2D eigenvalue weighted by molar-refractivity contribution is -0.143.